The Kier molecular flexibility index (Phi) is 5.99. The molecule has 1 fully saturated rings. The zero-order chi connectivity index (χ0) is 17.0. The van der Waals surface area contributed by atoms with Gasteiger partial charge in [-0.2, -0.15) is 0 Å². The number of ether oxygens (including phenoxy) is 1. The van der Waals surface area contributed by atoms with Crippen LogP contribution in [0.25, 0.3) is 0 Å². The van der Waals surface area contributed by atoms with Gasteiger partial charge in [-0.15, -0.1) is 0 Å². The van der Waals surface area contributed by atoms with Crippen LogP contribution in [0.3, 0.4) is 0 Å². The molecule has 3 atom stereocenters. The fourth-order valence-electron chi connectivity index (χ4n) is 2.90. The van der Waals surface area contributed by atoms with E-state index in [4.69, 9.17) is 16.3 Å². The minimum absolute atomic E-state index is 0.0906. The Labute approximate surface area is 140 Å². The number of rotatable bonds is 4. The van der Waals surface area contributed by atoms with Crippen molar-refractivity contribution in [2.24, 2.45) is 11.8 Å². The lowest BCUT2D eigenvalue weighted by molar-refractivity contribution is -0.125. The van der Waals surface area contributed by atoms with E-state index in [1.165, 1.54) is 12.1 Å². The molecule has 126 valence electrons. The van der Waals surface area contributed by atoms with Gasteiger partial charge in [-0.25, -0.2) is 9.18 Å². The topological polar surface area (TPSA) is 55.4 Å². The molecule has 1 aromatic carbocycles. The maximum absolute atomic E-state index is 13.6. The first-order chi connectivity index (χ1) is 10.9. The van der Waals surface area contributed by atoms with Gasteiger partial charge in [0.15, 0.2) is 6.61 Å². The van der Waals surface area contributed by atoms with Gasteiger partial charge in [0.25, 0.3) is 5.91 Å². The average Bonchev–Trinajstić information content (AvgIpc) is 2.52. The number of esters is 1. The monoisotopic (exact) mass is 341 g/mol. The van der Waals surface area contributed by atoms with E-state index in [1.807, 2.05) is 0 Å². The summed E-state index contributed by atoms with van der Waals surface area (Å²) in [6.45, 7) is 3.86. The molecule has 0 radical (unpaired) electrons. The van der Waals surface area contributed by atoms with Crippen molar-refractivity contribution in [3.63, 3.8) is 0 Å². The van der Waals surface area contributed by atoms with Gasteiger partial charge in [0.1, 0.15) is 5.82 Å². The molecule has 0 bridgehead atoms. The Morgan fingerprint density at radius 1 is 1.35 bits per heavy atom. The fraction of sp³-hybridized carbons (Fsp3) is 0.529. The molecule has 23 heavy (non-hydrogen) atoms. The normalized spacial score (nSPS) is 24.1. The highest BCUT2D eigenvalue weighted by Crippen LogP contribution is 2.29. The molecule has 1 N–H and O–H groups in total. The van der Waals surface area contributed by atoms with Crippen LogP contribution in [-0.4, -0.2) is 24.5 Å². The van der Waals surface area contributed by atoms with Crippen molar-refractivity contribution in [2.45, 2.75) is 39.2 Å². The Morgan fingerprint density at radius 3 is 2.83 bits per heavy atom. The quantitative estimate of drug-likeness (QED) is 0.852. The van der Waals surface area contributed by atoms with Gasteiger partial charge in [0, 0.05) is 11.1 Å². The van der Waals surface area contributed by atoms with Gasteiger partial charge in [0.05, 0.1) is 5.56 Å². The van der Waals surface area contributed by atoms with Gasteiger partial charge in [-0.1, -0.05) is 38.3 Å². The van der Waals surface area contributed by atoms with E-state index in [2.05, 4.69) is 19.2 Å². The van der Waals surface area contributed by atoms with Crippen molar-refractivity contribution in [2.75, 3.05) is 6.61 Å². The zero-order valence-electron chi connectivity index (χ0n) is 13.3. The molecule has 0 aliphatic heterocycles. The number of carbonyl (C=O) groups excluding carboxylic acids is 2. The van der Waals surface area contributed by atoms with Crippen molar-refractivity contribution >= 4 is 23.5 Å². The molecule has 6 heteroatoms. The van der Waals surface area contributed by atoms with Crippen LogP contribution >= 0.6 is 11.6 Å². The highest BCUT2D eigenvalue weighted by molar-refractivity contribution is 6.30. The lowest BCUT2D eigenvalue weighted by Crippen LogP contribution is -2.45. The minimum Gasteiger partial charge on any atom is -0.452 e. The molecule has 0 heterocycles. The molecular formula is C17H21ClFNO3. The Hall–Kier alpha value is -1.62. The first-order valence-corrected chi connectivity index (χ1v) is 8.18. The molecular weight excluding hydrogens is 321 g/mol. The van der Waals surface area contributed by atoms with Crippen LogP contribution in [-0.2, 0) is 9.53 Å². The van der Waals surface area contributed by atoms with E-state index in [0.717, 1.165) is 25.3 Å². The number of hydrogen-bond donors (Lipinski definition) is 1. The summed E-state index contributed by atoms with van der Waals surface area (Å²) in [6, 6.07) is 3.70. The standard InChI is InChI=1S/C17H21ClFNO3/c1-10-4-3-5-15(11(10)2)20-16(21)9-23-17(22)13-8-12(18)6-7-14(13)19/h6-8,10-11,15H,3-5,9H2,1-2H3,(H,20,21)/t10-,11-,15+/m1/s1. The first-order valence-electron chi connectivity index (χ1n) is 7.80. The fourth-order valence-corrected chi connectivity index (χ4v) is 3.07. The molecule has 1 amide bonds. The van der Waals surface area contributed by atoms with Crippen LogP contribution in [0.4, 0.5) is 4.39 Å². The van der Waals surface area contributed by atoms with Crippen LogP contribution < -0.4 is 5.32 Å². The molecule has 1 aliphatic rings. The van der Waals surface area contributed by atoms with E-state index < -0.39 is 18.4 Å². The highest BCUT2D eigenvalue weighted by atomic mass is 35.5. The second-order valence-corrected chi connectivity index (χ2v) is 6.58. The van der Waals surface area contributed by atoms with Crippen LogP contribution in [0, 0.1) is 17.7 Å². The second kappa shape index (κ2) is 7.77. The van der Waals surface area contributed by atoms with Crippen LogP contribution in [0.15, 0.2) is 18.2 Å². The lowest BCUT2D eigenvalue weighted by Gasteiger charge is -2.34. The van der Waals surface area contributed by atoms with Crippen LogP contribution in [0.1, 0.15) is 43.5 Å². The maximum Gasteiger partial charge on any atom is 0.341 e. The van der Waals surface area contributed by atoms with E-state index in [0.29, 0.717) is 11.8 Å². The molecule has 2 rings (SSSR count). The lowest BCUT2D eigenvalue weighted by atomic mass is 9.78. The predicted octanol–water partition coefficient (Wildman–Crippen LogP) is 3.58. The minimum atomic E-state index is -0.898. The van der Waals surface area contributed by atoms with Crippen molar-refractivity contribution < 1.29 is 18.7 Å². The molecule has 0 spiro atoms. The van der Waals surface area contributed by atoms with Crippen molar-refractivity contribution in [1.29, 1.82) is 0 Å². The zero-order valence-corrected chi connectivity index (χ0v) is 14.0. The number of carbonyl (C=O) groups is 2. The van der Waals surface area contributed by atoms with E-state index in [1.54, 1.807) is 0 Å². The smallest absolute Gasteiger partial charge is 0.341 e. The third-order valence-electron chi connectivity index (χ3n) is 4.54. The Balaban J connectivity index is 1.86. The molecule has 0 aromatic heterocycles. The van der Waals surface area contributed by atoms with Crippen molar-refractivity contribution in [3.05, 3.63) is 34.6 Å². The van der Waals surface area contributed by atoms with E-state index in [9.17, 15) is 14.0 Å². The number of benzene rings is 1. The number of hydrogen-bond acceptors (Lipinski definition) is 3. The van der Waals surface area contributed by atoms with E-state index in [-0.39, 0.29) is 22.5 Å². The third-order valence-corrected chi connectivity index (χ3v) is 4.77. The van der Waals surface area contributed by atoms with Crippen LogP contribution in [0.5, 0.6) is 0 Å². The summed E-state index contributed by atoms with van der Waals surface area (Å²) in [4.78, 5) is 23.8. The maximum atomic E-state index is 13.6. The van der Waals surface area contributed by atoms with Gasteiger partial charge < -0.3 is 10.1 Å². The predicted molar refractivity (Wildman–Crippen MR) is 85.8 cm³/mol. The van der Waals surface area contributed by atoms with E-state index >= 15 is 0 Å². The highest BCUT2D eigenvalue weighted by Gasteiger charge is 2.28. The molecule has 1 saturated carbocycles. The van der Waals surface area contributed by atoms with Gasteiger partial charge >= 0.3 is 5.97 Å². The third kappa shape index (κ3) is 4.67. The summed E-state index contributed by atoms with van der Waals surface area (Å²) in [5.41, 5.74) is -0.273. The number of amides is 1. The molecule has 0 unspecified atom stereocenters. The largest absolute Gasteiger partial charge is 0.452 e. The summed E-state index contributed by atoms with van der Waals surface area (Å²) in [7, 11) is 0. The van der Waals surface area contributed by atoms with Gasteiger partial charge in [0.2, 0.25) is 0 Å². The molecule has 4 nitrogen and oxygen atoms in total. The van der Waals surface area contributed by atoms with Crippen molar-refractivity contribution in [3.8, 4) is 0 Å². The SMILES string of the molecule is C[C@@H]1[C@H](C)CCC[C@@H]1NC(=O)COC(=O)c1cc(Cl)ccc1F. The summed E-state index contributed by atoms with van der Waals surface area (Å²) < 4.78 is 18.4. The number of nitrogens with one attached hydrogen (secondary N) is 1. The van der Waals surface area contributed by atoms with Crippen LogP contribution in [0.2, 0.25) is 5.02 Å². The van der Waals surface area contributed by atoms with Crippen molar-refractivity contribution in [1.82, 2.24) is 5.32 Å². The molecule has 0 saturated heterocycles. The summed E-state index contributed by atoms with van der Waals surface area (Å²) in [5, 5.41) is 3.13. The Morgan fingerprint density at radius 2 is 2.09 bits per heavy atom. The summed E-state index contributed by atoms with van der Waals surface area (Å²) in [5.74, 6) is -1.06. The average molecular weight is 342 g/mol. The Bertz CT molecular complexity index is 593. The second-order valence-electron chi connectivity index (χ2n) is 6.14. The molecule has 1 aromatic rings. The van der Waals surface area contributed by atoms with Gasteiger partial charge in [-0.05, 0) is 36.5 Å². The summed E-state index contributed by atoms with van der Waals surface area (Å²) in [6.07, 6.45) is 3.16. The summed E-state index contributed by atoms with van der Waals surface area (Å²) >= 11 is 5.73. The van der Waals surface area contributed by atoms with Gasteiger partial charge in [-0.3, -0.25) is 4.79 Å². The molecule has 1 aliphatic carbocycles. The number of halogens is 2. The first kappa shape index (κ1) is 17.7.